The van der Waals surface area contributed by atoms with E-state index < -0.39 is 0 Å². The number of morpholine rings is 1. The summed E-state index contributed by atoms with van der Waals surface area (Å²) in [5.74, 6) is 0.612. The summed E-state index contributed by atoms with van der Waals surface area (Å²) in [5.41, 5.74) is 5.77. The van der Waals surface area contributed by atoms with E-state index in [1.54, 1.807) is 7.11 Å². The Balaban J connectivity index is 1.43. The number of hydrogen-bond donors (Lipinski definition) is 2. The van der Waals surface area contributed by atoms with E-state index in [4.69, 9.17) is 9.47 Å². The summed E-state index contributed by atoms with van der Waals surface area (Å²) < 4.78 is 11.1. The number of fused-ring (bicyclic) bond motifs is 1. The molecular weight excluding hydrogens is 526 g/mol. The van der Waals surface area contributed by atoms with Crippen molar-refractivity contribution in [3.8, 4) is 16.9 Å². The van der Waals surface area contributed by atoms with E-state index in [9.17, 15) is 4.79 Å². The molecule has 42 heavy (non-hydrogen) atoms. The maximum absolute atomic E-state index is 13.3. The third-order valence-corrected chi connectivity index (χ3v) is 7.79. The number of carbonyl (C=O) groups is 1. The maximum Gasteiger partial charge on any atom is 0.323 e. The van der Waals surface area contributed by atoms with Crippen LogP contribution in [0, 0.1) is 0 Å². The number of anilines is 2. The predicted molar refractivity (Wildman–Crippen MR) is 170 cm³/mol. The molecule has 5 rings (SSSR count). The van der Waals surface area contributed by atoms with Crippen LogP contribution in [0.2, 0.25) is 0 Å². The highest BCUT2D eigenvalue weighted by atomic mass is 16.5. The second-order valence-corrected chi connectivity index (χ2v) is 11.5. The first-order valence-corrected chi connectivity index (χ1v) is 14.6. The van der Waals surface area contributed by atoms with Crippen molar-refractivity contribution in [2.75, 3.05) is 50.6 Å². The van der Waals surface area contributed by atoms with Gasteiger partial charge in [0.1, 0.15) is 5.75 Å². The molecule has 0 unspecified atom stereocenters. The summed E-state index contributed by atoms with van der Waals surface area (Å²) >= 11 is 0. The average molecular weight is 568 g/mol. The van der Waals surface area contributed by atoms with Gasteiger partial charge in [0.25, 0.3) is 0 Å². The van der Waals surface area contributed by atoms with Crippen LogP contribution in [-0.2, 0) is 16.7 Å². The first kappa shape index (κ1) is 29.5. The molecule has 0 spiro atoms. The lowest BCUT2D eigenvalue weighted by Crippen LogP contribution is -2.48. The van der Waals surface area contributed by atoms with Crippen LogP contribution in [-0.4, -0.2) is 61.0 Å². The number of rotatable bonds is 8. The molecule has 0 aliphatic carbocycles. The number of aromatic nitrogens is 1. The van der Waals surface area contributed by atoms with Crippen molar-refractivity contribution in [2.45, 2.75) is 39.7 Å². The van der Waals surface area contributed by atoms with Crippen LogP contribution in [0.15, 0.2) is 73.1 Å². The number of nitrogens with zero attached hydrogens (tertiary/aromatic N) is 3. The largest absolute Gasteiger partial charge is 0.495 e. The topological polar surface area (TPSA) is 79.0 Å². The quantitative estimate of drug-likeness (QED) is 0.241. The van der Waals surface area contributed by atoms with Gasteiger partial charge in [0, 0.05) is 49.5 Å². The number of urea groups is 1. The smallest absolute Gasteiger partial charge is 0.323 e. The van der Waals surface area contributed by atoms with Gasteiger partial charge in [-0.25, -0.2) is 14.8 Å². The van der Waals surface area contributed by atoms with Gasteiger partial charge in [-0.2, -0.15) is 0 Å². The maximum atomic E-state index is 13.3. The first-order valence-electron chi connectivity index (χ1n) is 14.6. The molecule has 0 radical (unpaired) electrons. The first-order chi connectivity index (χ1) is 20.3. The standard InChI is InChI=1S/C34H41N5O3/c1-6-38(39-17-19-42-20-18-39)23-24-15-16-35-22-29(24)27-12-13-30(28-10-8-7-9-26(27)28)36-33(40)37-31-21-25(34(2,3)4)11-14-32(31)41-5/h7-16,21-22H,6,17-20,23H2,1-5H3,(H2,36,37,40). The molecule has 8 heteroatoms. The lowest BCUT2D eigenvalue weighted by Gasteiger charge is -2.37. The van der Waals surface area contributed by atoms with Gasteiger partial charge >= 0.3 is 6.03 Å². The summed E-state index contributed by atoms with van der Waals surface area (Å²) in [6.07, 6.45) is 3.80. The van der Waals surface area contributed by atoms with Gasteiger partial charge in [-0.1, -0.05) is 64.1 Å². The van der Waals surface area contributed by atoms with Gasteiger partial charge in [0.05, 0.1) is 31.7 Å². The molecule has 2 N–H and O–H groups in total. The van der Waals surface area contributed by atoms with Gasteiger partial charge in [0.15, 0.2) is 0 Å². The minimum absolute atomic E-state index is 0.0628. The highest BCUT2D eigenvalue weighted by Crippen LogP contribution is 2.36. The van der Waals surface area contributed by atoms with Crippen molar-refractivity contribution in [1.29, 1.82) is 0 Å². The van der Waals surface area contributed by atoms with E-state index in [1.165, 1.54) is 5.56 Å². The van der Waals surface area contributed by atoms with Crippen molar-refractivity contribution >= 4 is 28.2 Å². The number of pyridine rings is 1. The lowest BCUT2D eigenvalue weighted by molar-refractivity contribution is -0.0925. The summed E-state index contributed by atoms with van der Waals surface area (Å²) in [7, 11) is 1.61. The Kier molecular flexibility index (Phi) is 9.06. The third-order valence-electron chi connectivity index (χ3n) is 7.79. The van der Waals surface area contributed by atoms with Crippen LogP contribution in [0.25, 0.3) is 21.9 Å². The van der Waals surface area contributed by atoms with E-state index in [0.717, 1.165) is 72.5 Å². The Labute approximate surface area is 248 Å². The fourth-order valence-corrected chi connectivity index (χ4v) is 5.44. The van der Waals surface area contributed by atoms with Crippen LogP contribution in [0.1, 0.15) is 38.8 Å². The van der Waals surface area contributed by atoms with Crippen molar-refractivity contribution < 1.29 is 14.3 Å². The summed E-state index contributed by atoms with van der Waals surface area (Å²) in [5, 5.41) is 12.8. The molecule has 8 nitrogen and oxygen atoms in total. The van der Waals surface area contributed by atoms with Crippen molar-refractivity contribution in [1.82, 2.24) is 15.0 Å². The van der Waals surface area contributed by atoms with E-state index >= 15 is 0 Å². The molecule has 3 aromatic carbocycles. The Morgan fingerprint density at radius 2 is 1.71 bits per heavy atom. The molecule has 220 valence electrons. The molecule has 1 aliphatic heterocycles. The van der Waals surface area contributed by atoms with E-state index in [-0.39, 0.29) is 11.4 Å². The number of amides is 2. The van der Waals surface area contributed by atoms with Gasteiger partial charge in [-0.15, -0.1) is 0 Å². The number of carbonyl (C=O) groups excluding carboxylic acids is 1. The zero-order valence-corrected chi connectivity index (χ0v) is 25.2. The fourth-order valence-electron chi connectivity index (χ4n) is 5.44. The summed E-state index contributed by atoms with van der Waals surface area (Å²) in [6, 6.07) is 19.9. The molecule has 4 aromatic rings. The average Bonchev–Trinajstić information content (AvgIpc) is 3.00. The molecule has 1 aliphatic rings. The number of nitrogens with one attached hydrogen (secondary N) is 2. The highest BCUT2D eigenvalue weighted by Gasteiger charge is 2.21. The van der Waals surface area contributed by atoms with E-state index in [0.29, 0.717) is 11.4 Å². The minimum Gasteiger partial charge on any atom is -0.495 e. The van der Waals surface area contributed by atoms with E-state index in [2.05, 4.69) is 71.5 Å². The Morgan fingerprint density at radius 3 is 2.43 bits per heavy atom. The lowest BCUT2D eigenvalue weighted by atomic mass is 9.87. The fraction of sp³-hybridized carbons (Fsp3) is 0.353. The Bertz CT molecular complexity index is 1540. The van der Waals surface area contributed by atoms with Crippen molar-refractivity contribution in [2.24, 2.45) is 0 Å². The number of ether oxygens (including phenoxy) is 2. The SMILES string of the molecule is CCN(Cc1ccncc1-c1ccc(NC(=O)Nc2cc(C(C)(C)C)ccc2OC)c2ccccc12)N1CCOCC1. The zero-order valence-electron chi connectivity index (χ0n) is 25.2. The number of methoxy groups -OCH3 is 1. The minimum atomic E-state index is -0.330. The molecule has 2 heterocycles. The highest BCUT2D eigenvalue weighted by molar-refractivity contribution is 6.10. The third kappa shape index (κ3) is 6.57. The summed E-state index contributed by atoms with van der Waals surface area (Å²) in [6.45, 7) is 13.6. The van der Waals surface area contributed by atoms with Gasteiger partial charge < -0.3 is 20.1 Å². The summed E-state index contributed by atoms with van der Waals surface area (Å²) in [4.78, 5) is 17.8. The normalized spacial score (nSPS) is 14.2. The van der Waals surface area contributed by atoms with Crippen LogP contribution in [0.3, 0.4) is 0 Å². The Morgan fingerprint density at radius 1 is 0.976 bits per heavy atom. The predicted octanol–water partition coefficient (Wildman–Crippen LogP) is 6.92. The Hall–Kier alpha value is -3.98. The van der Waals surface area contributed by atoms with Crippen LogP contribution < -0.4 is 15.4 Å². The molecule has 1 fully saturated rings. The van der Waals surface area contributed by atoms with Crippen molar-refractivity contribution in [3.63, 3.8) is 0 Å². The van der Waals surface area contributed by atoms with Gasteiger partial charge in [0.2, 0.25) is 0 Å². The number of hydrazine groups is 1. The molecule has 0 bridgehead atoms. The van der Waals surface area contributed by atoms with Crippen LogP contribution >= 0.6 is 0 Å². The number of benzene rings is 3. The van der Waals surface area contributed by atoms with E-state index in [1.807, 2.05) is 54.9 Å². The zero-order chi connectivity index (χ0) is 29.7. The second kappa shape index (κ2) is 12.9. The monoisotopic (exact) mass is 567 g/mol. The molecule has 1 saturated heterocycles. The van der Waals surface area contributed by atoms with Gasteiger partial charge in [-0.05, 0) is 51.8 Å². The van der Waals surface area contributed by atoms with Crippen LogP contribution in [0.5, 0.6) is 5.75 Å². The van der Waals surface area contributed by atoms with Crippen LogP contribution in [0.4, 0.5) is 16.2 Å². The van der Waals surface area contributed by atoms with Gasteiger partial charge in [-0.3, -0.25) is 4.98 Å². The van der Waals surface area contributed by atoms with Crippen molar-refractivity contribution in [3.05, 3.63) is 84.2 Å². The second-order valence-electron chi connectivity index (χ2n) is 11.5. The molecular formula is C34H41N5O3. The molecule has 0 atom stereocenters. The molecule has 0 saturated carbocycles. The molecule has 1 aromatic heterocycles. The molecule has 2 amide bonds. The number of hydrogen-bond acceptors (Lipinski definition) is 6.